The van der Waals surface area contributed by atoms with E-state index >= 15 is 0 Å². The lowest BCUT2D eigenvalue weighted by Gasteiger charge is -2.24. The van der Waals surface area contributed by atoms with E-state index in [0.717, 1.165) is 0 Å². The van der Waals surface area contributed by atoms with Gasteiger partial charge in [-0.1, -0.05) is 18.2 Å². The molecule has 2 aromatic rings. The van der Waals surface area contributed by atoms with Gasteiger partial charge >= 0.3 is 0 Å². The van der Waals surface area contributed by atoms with Crippen molar-refractivity contribution in [1.82, 2.24) is 9.88 Å². The molecule has 7 nitrogen and oxygen atoms in total. The maximum Gasteiger partial charge on any atom is 0.261 e. The molecule has 1 aliphatic carbocycles. The molecule has 2 amide bonds. The topological polar surface area (TPSA) is 99.3 Å². The van der Waals surface area contributed by atoms with Crippen molar-refractivity contribution >= 4 is 23.3 Å². The van der Waals surface area contributed by atoms with Crippen LogP contribution in [0.2, 0.25) is 0 Å². The summed E-state index contributed by atoms with van der Waals surface area (Å²) in [6.07, 6.45) is 2.95. The van der Waals surface area contributed by atoms with E-state index < -0.39 is 17.5 Å². The van der Waals surface area contributed by atoms with E-state index in [2.05, 4.69) is 10.3 Å². The largest absolute Gasteiger partial charge is 0.326 e. The monoisotopic (exact) mass is 379 g/mol. The van der Waals surface area contributed by atoms with Crippen LogP contribution in [0.5, 0.6) is 0 Å². The molecular formula is C21H21N3O4. The Hall–Kier alpha value is -3.22. The number of ketones is 1. The normalized spacial score (nSPS) is 18.6. The van der Waals surface area contributed by atoms with Gasteiger partial charge in [0.1, 0.15) is 11.6 Å². The van der Waals surface area contributed by atoms with Crippen LogP contribution in [0.4, 0.5) is 5.69 Å². The number of pyridine rings is 1. The first-order chi connectivity index (χ1) is 13.5. The van der Waals surface area contributed by atoms with Crippen LogP contribution in [0, 0.1) is 0 Å². The number of H-pyrrole nitrogens is 1. The number of nitrogens with one attached hydrogen (secondary N) is 2. The van der Waals surface area contributed by atoms with Crippen LogP contribution in [0.15, 0.2) is 41.2 Å². The number of hydrogen-bond acceptors (Lipinski definition) is 4. The molecule has 28 heavy (non-hydrogen) atoms. The Bertz CT molecular complexity index is 996. The number of hydrogen-bond donors (Lipinski definition) is 2. The third kappa shape index (κ3) is 3.35. The molecule has 7 heteroatoms. The lowest BCUT2D eigenvalue weighted by atomic mass is 9.93. The van der Waals surface area contributed by atoms with Crippen LogP contribution in [-0.4, -0.2) is 40.1 Å². The predicted molar refractivity (Wildman–Crippen MR) is 103 cm³/mol. The summed E-state index contributed by atoms with van der Waals surface area (Å²) in [4.78, 5) is 54.5. The Kier molecular flexibility index (Phi) is 4.81. The smallest absolute Gasteiger partial charge is 0.261 e. The second-order valence-corrected chi connectivity index (χ2v) is 7.19. The molecular weight excluding hydrogens is 358 g/mol. The van der Waals surface area contributed by atoms with E-state index in [1.54, 1.807) is 12.1 Å². The van der Waals surface area contributed by atoms with Gasteiger partial charge in [-0.2, -0.15) is 0 Å². The number of fused-ring (bicyclic) bond motifs is 1. The number of aromatic nitrogens is 1. The number of para-hydroxylation sites is 1. The molecule has 2 heterocycles. The number of aromatic amines is 1. The summed E-state index contributed by atoms with van der Waals surface area (Å²) in [5.41, 5.74) is 1.08. The van der Waals surface area contributed by atoms with Gasteiger partial charge in [0.05, 0.1) is 0 Å². The van der Waals surface area contributed by atoms with E-state index in [4.69, 9.17) is 0 Å². The Morgan fingerprint density at radius 2 is 1.86 bits per heavy atom. The van der Waals surface area contributed by atoms with Crippen molar-refractivity contribution in [3.05, 3.63) is 63.6 Å². The molecule has 1 aromatic carbocycles. The highest BCUT2D eigenvalue weighted by Gasteiger charge is 2.36. The molecule has 1 aromatic heterocycles. The average molecular weight is 379 g/mol. The number of carbonyl (C=O) groups excluding carboxylic acids is 3. The molecule has 2 aliphatic rings. The van der Waals surface area contributed by atoms with Crippen molar-refractivity contribution in [2.24, 2.45) is 0 Å². The number of nitrogens with zero attached hydrogens (tertiary/aromatic N) is 1. The fraction of sp³-hybridized carbons (Fsp3) is 0.333. The lowest BCUT2D eigenvalue weighted by molar-refractivity contribution is -0.119. The zero-order chi connectivity index (χ0) is 19.7. The summed E-state index contributed by atoms with van der Waals surface area (Å²) in [5.74, 6) is -0.845. The lowest BCUT2D eigenvalue weighted by Crippen LogP contribution is -2.44. The highest BCUT2D eigenvalue weighted by molar-refractivity contribution is 6.04. The molecule has 0 spiro atoms. The van der Waals surface area contributed by atoms with Crippen molar-refractivity contribution in [3.8, 4) is 0 Å². The first-order valence-corrected chi connectivity index (χ1v) is 9.51. The van der Waals surface area contributed by atoms with Crippen molar-refractivity contribution in [2.75, 3.05) is 11.9 Å². The summed E-state index contributed by atoms with van der Waals surface area (Å²) in [5, 5.41) is 2.82. The first-order valence-electron chi connectivity index (χ1n) is 9.51. The summed E-state index contributed by atoms with van der Waals surface area (Å²) in [6, 6.07) is 9.80. The molecule has 1 atom stereocenters. The number of carbonyl (C=O) groups is 3. The van der Waals surface area contributed by atoms with Gasteiger partial charge in [-0.15, -0.1) is 0 Å². The van der Waals surface area contributed by atoms with E-state index in [1.807, 2.05) is 18.2 Å². The number of Topliss-reactive ketones (excluding diaryl/α,β-unsaturated/α-hetero) is 1. The zero-order valence-corrected chi connectivity index (χ0v) is 15.4. The number of likely N-dealkylation sites (tertiary alicyclic amines) is 1. The molecule has 0 bridgehead atoms. The van der Waals surface area contributed by atoms with Crippen LogP contribution in [0.1, 0.15) is 52.1 Å². The minimum Gasteiger partial charge on any atom is -0.326 e. The van der Waals surface area contributed by atoms with Crippen LogP contribution < -0.4 is 10.9 Å². The summed E-state index contributed by atoms with van der Waals surface area (Å²) >= 11 is 0. The van der Waals surface area contributed by atoms with E-state index in [9.17, 15) is 19.2 Å². The third-order valence-electron chi connectivity index (χ3n) is 5.34. The Balaban J connectivity index is 1.59. The Labute approximate surface area is 161 Å². The number of amides is 2. The minimum atomic E-state index is -0.640. The number of rotatable bonds is 3. The van der Waals surface area contributed by atoms with E-state index in [-0.39, 0.29) is 17.3 Å². The first kappa shape index (κ1) is 18.2. The summed E-state index contributed by atoms with van der Waals surface area (Å²) in [7, 11) is 0. The third-order valence-corrected chi connectivity index (χ3v) is 5.34. The SMILES string of the molecule is O=C1CCCc2[nH]c(=O)c(C(=O)N3CCCC3C(=O)Nc3ccccc3)cc21. The second-order valence-electron chi connectivity index (χ2n) is 7.19. The fourth-order valence-corrected chi connectivity index (χ4v) is 3.92. The van der Waals surface area contributed by atoms with Gasteiger partial charge in [0.15, 0.2) is 5.78 Å². The van der Waals surface area contributed by atoms with Crippen LogP contribution in [-0.2, 0) is 11.2 Å². The standard InChI is InChI=1S/C21H21N3O4/c25-18-10-4-8-16-14(18)12-15(19(26)23-16)21(28)24-11-5-9-17(24)20(27)22-13-6-2-1-3-7-13/h1-3,6-7,12,17H,4-5,8-11H2,(H,22,27)(H,23,26). The minimum absolute atomic E-state index is 0.0636. The number of anilines is 1. The molecule has 1 unspecified atom stereocenters. The van der Waals surface area contributed by atoms with Crippen LogP contribution >= 0.6 is 0 Å². The Morgan fingerprint density at radius 1 is 1.07 bits per heavy atom. The summed E-state index contributed by atoms with van der Waals surface area (Å²) < 4.78 is 0. The van der Waals surface area contributed by atoms with E-state index in [1.165, 1.54) is 11.0 Å². The molecule has 2 N–H and O–H groups in total. The fourth-order valence-electron chi connectivity index (χ4n) is 3.92. The van der Waals surface area contributed by atoms with Gasteiger partial charge in [-0.25, -0.2) is 0 Å². The summed E-state index contributed by atoms with van der Waals surface area (Å²) in [6.45, 7) is 0.399. The number of aryl methyl sites for hydroxylation is 1. The maximum atomic E-state index is 13.0. The highest BCUT2D eigenvalue weighted by Crippen LogP contribution is 2.23. The van der Waals surface area contributed by atoms with Crippen molar-refractivity contribution in [2.45, 2.75) is 38.1 Å². The molecule has 0 radical (unpaired) electrons. The van der Waals surface area contributed by atoms with Gasteiger partial charge in [-0.05, 0) is 43.9 Å². The molecule has 144 valence electrons. The predicted octanol–water partition coefficient (Wildman–Crippen LogP) is 2.14. The van der Waals surface area contributed by atoms with Gasteiger partial charge < -0.3 is 15.2 Å². The van der Waals surface area contributed by atoms with Gasteiger partial charge in [0.2, 0.25) is 5.91 Å². The zero-order valence-electron chi connectivity index (χ0n) is 15.4. The van der Waals surface area contributed by atoms with Crippen LogP contribution in [0.25, 0.3) is 0 Å². The van der Waals surface area contributed by atoms with Crippen LogP contribution in [0.3, 0.4) is 0 Å². The van der Waals surface area contributed by atoms with Gasteiger partial charge in [0, 0.05) is 29.9 Å². The highest BCUT2D eigenvalue weighted by atomic mass is 16.2. The Morgan fingerprint density at radius 3 is 2.64 bits per heavy atom. The maximum absolute atomic E-state index is 13.0. The van der Waals surface area contributed by atoms with Crippen molar-refractivity contribution < 1.29 is 14.4 Å². The molecule has 4 rings (SSSR count). The van der Waals surface area contributed by atoms with E-state index in [0.29, 0.717) is 55.6 Å². The molecule has 1 fully saturated rings. The molecule has 0 saturated carbocycles. The molecule has 1 aliphatic heterocycles. The quantitative estimate of drug-likeness (QED) is 0.853. The van der Waals surface area contributed by atoms with Crippen molar-refractivity contribution in [3.63, 3.8) is 0 Å². The number of benzene rings is 1. The second kappa shape index (κ2) is 7.42. The van der Waals surface area contributed by atoms with Gasteiger partial charge in [0.25, 0.3) is 11.5 Å². The van der Waals surface area contributed by atoms with Gasteiger partial charge in [-0.3, -0.25) is 19.2 Å². The average Bonchev–Trinajstić information content (AvgIpc) is 3.18. The molecule has 1 saturated heterocycles. The van der Waals surface area contributed by atoms with Crippen molar-refractivity contribution in [1.29, 1.82) is 0 Å².